The van der Waals surface area contributed by atoms with Crippen LogP contribution in [0.2, 0.25) is 12.1 Å². The monoisotopic (exact) mass is 458 g/mol. The van der Waals surface area contributed by atoms with E-state index in [-0.39, 0.29) is 0 Å². The first-order chi connectivity index (χ1) is 14.8. The van der Waals surface area contributed by atoms with Crippen molar-refractivity contribution in [2.75, 3.05) is 0 Å². The van der Waals surface area contributed by atoms with E-state index in [0.717, 1.165) is 0 Å². The van der Waals surface area contributed by atoms with Crippen LogP contribution in [-0.4, -0.2) is 8.11 Å². The van der Waals surface area contributed by atoms with Gasteiger partial charge in [-0.1, -0.05) is 168 Å². The van der Waals surface area contributed by atoms with Crippen molar-refractivity contribution >= 4 is 19.2 Å². The molecule has 0 aliphatic carbocycles. The topological polar surface area (TPSA) is 0 Å². The molecule has 0 aliphatic rings. The summed E-state index contributed by atoms with van der Waals surface area (Å²) in [6, 6.07) is 2.77. The quantitative estimate of drug-likeness (QED) is 0.0686. The third-order valence-electron chi connectivity index (χ3n) is 6.74. The highest BCUT2D eigenvalue weighted by molar-refractivity contribution is 7.06. The second-order valence-corrected chi connectivity index (χ2v) is 14.2. The summed E-state index contributed by atoms with van der Waals surface area (Å²) in [6.07, 6.45) is 34.7. The maximum atomic E-state index is 6.69. The molecule has 0 radical (unpaired) electrons. The second-order valence-electron chi connectivity index (χ2n) is 9.95. The zero-order chi connectivity index (χ0) is 22.0. The first-order valence-corrected chi connectivity index (χ1v) is 17.8. The molecule has 0 spiro atoms. The number of hydrogen-bond acceptors (Lipinski definition) is 0. The van der Waals surface area contributed by atoms with Crippen molar-refractivity contribution in [1.82, 2.24) is 0 Å². The van der Waals surface area contributed by atoms with Gasteiger partial charge in [-0.25, -0.2) is 0 Å². The molecule has 0 unspecified atom stereocenters. The van der Waals surface area contributed by atoms with Crippen LogP contribution in [0.25, 0.3) is 0 Å². The van der Waals surface area contributed by atoms with E-state index in [1.807, 2.05) is 0 Å². The standard InChI is InChI=1S/C28H59ClSi/c1-3-5-7-9-11-13-15-17-19-21-23-25-27-30(29)28-26-24-22-20-18-16-14-12-10-8-6-4-2/h30H,3-28H2,1-2H3. The van der Waals surface area contributed by atoms with E-state index in [0.29, 0.717) is 0 Å². The van der Waals surface area contributed by atoms with Crippen molar-refractivity contribution < 1.29 is 0 Å². The van der Waals surface area contributed by atoms with Crippen LogP contribution in [0.3, 0.4) is 0 Å². The molecule has 0 aromatic rings. The van der Waals surface area contributed by atoms with E-state index in [9.17, 15) is 0 Å². The van der Waals surface area contributed by atoms with Crippen LogP contribution in [0.4, 0.5) is 0 Å². The summed E-state index contributed by atoms with van der Waals surface area (Å²) < 4.78 is 0. The van der Waals surface area contributed by atoms with Gasteiger partial charge in [0.1, 0.15) is 8.11 Å². The van der Waals surface area contributed by atoms with Gasteiger partial charge in [-0.2, -0.15) is 11.1 Å². The van der Waals surface area contributed by atoms with Gasteiger partial charge in [0, 0.05) is 0 Å². The summed E-state index contributed by atoms with van der Waals surface area (Å²) >= 11 is 6.69. The van der Waals surface area contributed by atoms with Gasteiger partial charge in [0.2, 0.25) is 0 Å². The van der Waals surface area contributed by atoms with E-state index in [1.165, 1.54) is 166 Å². The lowest BCUT2D eigenvalue weighted by molar-refractivity contribution is 0.546. The van der Waals surface area contributed by atoms with E-state index in [1.54, 1.807) is 0 Å². The molecule has 0 saturated carbocycles. The van der Waals surface area contributed by atoms with Crippen molar-refractivity contribution in [2.45, 2.75) is 180 Å². The van der Waals surface area contributed by atoms with Gasteiger partial charge in [-0.05, 0) is 12.1 Å². The molecule has 2 heteroatoms. The van der Waals surface area contributed by atoms with Gasteiger partial charge < -0.3 is 0 Å². The van der Waals surface area contributed by atoms with Crippen molar-refractivity contribution in [3.8, 4) is 0 Å². The molecule has 0 N–H and O–H groups in total. The molecule has 0 fully saturated rings. The largest absolute Gasteiger partial charge is 0.172 e. The van der Waals surface area contributed by atoms with Gasteiger partial charge in [0.25, 0.3) is 0 Å². The van der Waals surface area contributed by atoms with Crippen LogP contribution in [0.1, 0.15) is 168 Å². The van der Waals surface area contributed by atoms with E-state index < -0.39 is 8.11 Å². The molecule has 0 saturated heterocycles. The molecule has 0 heterocycles. The molecular weight excluding hydrogens is 400 g/mol. The summed E-state index contributed by atoms with van der Waals surface area (Å²) in [5, 5.41) is 0. The second kappa shape index (κ2) is 27.5. The number of rotatable bonds is 26. The van der Waals surface area contributed by atoms with E-state index in [2.05, 4.69) is 13.8 Å². The van der Waals surface area contributed by atoms with Gasteiger partial charge in [-0.15, -0.1) is 0 Å². The average molecular weight is 459 g/mol. The fourth-order valence-corrected chi connectivity index (χ4v) is 7.24. The SMILES string of the molecule is CCCCCCCCCCCCCC[SiH](Cl)CCCCCCCCCCCCCC. The third kappa shape index (κ3) is 26.5. The normalized spacial score (nSPS) is 11.6. The van der Waals surface area contributed by atoms with Gasteiger partial charge in [-0.3, -0.25) is 0 Å². The molecule has 0 bridgehead atoms. The minimum absolute atomic E-state index is 0.898. The van der Waals surface area contributed by atoms with Gasteiger partial charge >= 0.3 is 0 Å². The molecule has 0 nitrogen and oxygen atoms in total. The minimum Gasteiger partial charge on any atom is -0.172 e. The highest BCUT2D eigenvalue weighted by Gasteiger charge is 2.06. The zero-order valence-electron chi connectivity index (χ0n) is 21.3. The summed E-state index contributed by atoms with van der Waals surface area (Å²) in [4.78, 5) is 0. The first-order valence-electron chi connectivity index (χ1n) is 14.4. The Morgan fingerprint density at radius 3 is 0.767 bits per heavy atom. The van der Waals surface area contributed by atoms with Crippen LogP contribution in [0.5, 0.6) is 0 Å². The Kier molecular flexibility index (Phi) is 28.0. The first kappa shape index (κ1) is 30.5. The Morgan fingerprint density at radius 1 is 0.333 bits per heavy atom. The maximum absolute atomic E-state index is 6.69. The van der Waals surface area contributed by atoms with Crippen molar-refractivity contribution in [2.24, 2.45) is 0 Å². The predicted octanol–water partition coefficient (Wildman–Crippen LogP) is 11.4. The lowest BCUT2D eigenvalue weighted by Gasteiger charge is -2.08. The molecule has 0 rings (SSSR count). The molecule has 0 aromatic heterocycles. The lowest BCUT2D eigenvalue weighted by Crippen LogP contribution is -2.02. The molecule has 0 atom stereocenters. The minimum atomic E-state index is -0.898. The van der Waals surface area contributed by atoms with Crippen molar-refractivity contribution in [3.05, 3.63) is 0 Å². The van der Waals surface area contributed by atoms with Crippen LogP contribution >= 0.6 is 11.1 Å². The van der Waals surface area contributed by atoms with Gasteiger partial charge in [0.05, 0.1) is 0 Å². The fourth-order valence-electron chi connectivity index (χ4n) is 4.56. The zero-order valence-corrected chi connectivity index (χ0v) is 23.3. The maximum Gasteiger partial charge on any atom is 0.141 e. The molecular formula is C28H59ClSi. The summed E-state index contributed by atoms with van der Waals surface area (Å²) in [5.74, 6) is 0. The van der Waals surface area contributed by atoms with Crippen LogP contribution in [0, 0.1) is 0 Å². The summed E-state index contributed by atoms with van der Waals surface area (Å²) in [6.45, 7) is 4.60. The summed E-state index contributed by atoms with van der Waals surface area (Å²) in [7, 11) is -0.898. The van der Waals surface area contributed by atoms with Crippen molar-refractivity contribution in [3.63, 3.8) is 0 Å². The van der Waals surface area contributed by atoms with E-state index in [4.69, 9.17) is 11.1 Å². The van der Waals surface area contributed by atoms with E-state index >= 15 is 0 Å². The molecule has 0 aliphatic heterocycles. The average Bonchev–Trinajstić information content (AvgIpc) is 2.75. The van der Waals surface area contributed by atoms with Crippen LogP contribution < -0.4 is 0 Å². The van der Waals surface area contributed by atoms with Gasteiger partial charge in [0.15, 0.2) is 0 Å². The van der Waals surface area contributed by atoms with Crippen LogP contribution in [0.15, 0.2) is 0 Å². The van der Waals surface area contributed by atoms with Crippen LogP contribution in [-0.2, 0) is 0 Å². The Hall–Kier alpha value is 0.507. The number of unbranched alkanes of at least 4 members (excludes halogenated alkanes) is 22. The Morgan fingerprint density at radius 2 is 0.533 bits per heavy atom. The highest BCUT2D eigenvalue weighted by Crippen LogP contribution is 2.18. The molecule has 182 valence electrons. The smallest absolute Gasteiger partial charge is 0.141 e. The van der Waals surface area contributed by atoms with Crippen molar-refractivity contribution in [1.29, 1.82) is 0 Å². The lowest BCUT2D eigenvalue weighted by atomic mass is 10.1. The molecule has 0 amide bonds. The summed E-state index contributed by atoms with van der Waals surface area (Å²) in [5.41, 5.74) is 0. The Labute approximate surface area is 199 Å². The molecule has 0 aromatic carbocycles. The third-order valence-corrected chi connectivity index (χ3v) is 10.1. The number of halogens is 1. The Bertz CT molecular complexity index is 266. The molecule has 30 heavy (non-hydrogen) atoms. The fraction of sp³-hybridized carbons (Fsp3) is 1.00. The highest BCUT2D eigenvalue weighted by atomic mass is 35.6. The predicted molar refractivity (Wildman–Crippen MR) is 145 cm³/mol. The Balaban J connectivity index is 3.13. The number of hydrogen-bond donors (Lipinski definition) is 0.